The van der Waals surface area contributed by atoms with Crippen molar-refractivity contribution in [3.8, 4) is 0 Å². The zero-order chi connectivity index (χ0) is 13.6. The molecule has 0 heterocycles. The molecule has 0 radical (unpaired) electrons. The molecule has 2 N–H and O–H groups in total. The maximum atomic E-state index is 13.7. The molecule has 102 valence electrons. The van der Waals surface area contributed by atoms with Gasteiger partial charge in [0.05, 0.1) is 5.54 Å². The van der Waals surface area contributed by atoms with Crippen LogP contribution in [-0.4, -0.2) is 22.4 Å². The average Bonchev–Trinajstić information content (AvgIpc) is 3.24. The second kappa shape index (κ2) is 4.27. The van der Waals surface area contributed by atoms with Crippen molar-refractivity contribution in [2.45, 2.75) is 43.8 Å². The Balaban J connectivity index is 1.80. The fraction of sp³-hybridized carbons (Fsp3) is 0.500. The van der Waals surface area contributed by atoms with Crippen LogP contribution in [0.5, 0.6) is 0 Å². The van der Waals surface area contributed by atoms with E-state index in [-0.39, 0.29) is 18.5 Å². The Morgan fingerprint density at radius 2 is 2.05 bits per heavy atom. The number of amides is 1. The molecule has 0 spiro atoms. The topological polar surface area (TPSA) is 46.3 Å². The van der Waals surface area contributed by atoms with Crippen molar-refractivity contribution in [3.63, 3.8) is 0 Å². The normalized spacial score (nSPS) is 20.2. The second-order valence-corrected chi connectivity index (χ2v) is 5.56. The van der Waals surface area contributed by atoms with Crippen LogP contribution in [0.1, 0.15) is 31.2 Å². The standard InChI is InChI=1S/C14H16F2N2O/c15-10-2-1-9(12(16)7-10)8-18(11-3-4-11)13(19)14(17)5-6-14/h1-2,7,11H,3-6,8,17H2. The maximum Gasteiger partial charge on any atom is 0.243 e. The van der Waals surface area contributed by atoms with Gasteiger partial charge in [0.1, 0.15) is 11.6 Å². The monoisotopic (exact) mass is 266 g/mol. The highest BCUT2D eigenvalue weighted by atomic mass is 19.1. The van der Waals surface area contributed by atoms with E-state index in [0.29, 0.717) is 18.4 Å². The van der Waals surface area contributed by atoms with E-state index in [0.717, 1.165) is 18.9 Å². The quantitative estimate of drug-likeness (QED) is 0.905. The van der Waals surface area contributed by atoms with Crippen molar-refractivity contribution in [2.24, 2.45) is 5.73 Å². The molecule has 0 aromatic heterocycles. The summed E-state index contributed by atoms with van der Waals surface area (Å²) >= 11 is 0. The Kier molecular flexibility index (Phi) is 2.82. The molecule has 19 heavy (non-hydrogen) atoms. The molecule has 3 nitrogen and oxygen atoms in total. The summed E-state index contributed by atoms with van der Waals surface area (Å²) < 4.78 is 26.5. The van der Waals surface area contributed by atoms with Crippen LogP contribution >= 0.6 is 0 Å². The molecule has 2 saturated carbocycles. The van der Waals surface area contributed by atoms with Crippen molar-refractivity contribution in [2.75, 3.05) is 0 Å². The van der Waals surface area contributed by atoms with E-state index < -0.39 is 17.2 Å². The maximum absolute atomic E-state index is 13.7. The van der Waals surface area contributed by atoms with E-state index in [2.05, 4.69) is 0 Å². The third-order valence-corrected chi connectivity index (χ3v) is 3.82. The van der Waals surface area contributed by atoms with Gasteiger partial charge in [0.2, 0.25) is 5.91 Å². The first-order valence-corrected chi connectivity index (χ1v) is 6.53. The number of nitrogens with two attached hydrogens (primary N) is 1. The Hall–Kier alpha value is -1.49. The van der Waals surface area contributed by atoms with Crippen molar-refractivity contribution >= 4 is 5.91 Å². The number of benzene rings is 1. The van der Waals surface area contributed by atoms with E-state index in [1.807, 2.05) is 0 Å². The Bertz CT molecular complexity index is 524. The first kappa shape index (κ1) is 12.5. The van der Waals surface area contributed by atoms with Gasteiger partial charge in [0, 0.05) is 24.2 Å². The predicted octanol–water partition coefficient (Wildman–Crippen LogP) is 1.95. The van der Waals surface area contributed by atoms with Crippen molar-refractivity contribution < 1.29 is 13.6 Å². The van der Waals surface area contributed by atoms with Crippen LogP contribution in [0.15, 0.2) is 18.2 Å². The Morgan fingerprint density at radius 1 is 1.37 bits per heavy atom. The number of carbonyl (C=O) groups excluding carboxylic acids is 1. The molecule has 1 aromatic carbocycles. The molecule has 0 saturated heterocycles. The van der Waals surface area contributed by atoms with Crippen LogP contribution in [0.25, 0.3) is 0 Å². The van der Waals surface area contributed by atoms with E-state index in [1.54, 1.807) is 4.90 Å². The van der Waals surface area contributed by atoms with Crippen LogP contribution in [0, 0.1) is 11.6 Å². The molecule has 0 bridgehead atoms. The smallest absolute Gasteiger partial charge is 0.243 e. The third-order valence-electron chi connectivity index (χ3n) is 3.82. The van der Waals surface area contributed by atoms with E-state index in [4.69, 9.17) is 5.73 Å². The number of hydrogen-bond acceptors (Lipinski definition) is 2. The molecule has 2 aliphatic carbocycles. The molecule has 1 aromatic rings. The van der Waals surface area contributed by atoms with Crippen molar-refractivity contribution in [1.82, 2.24) is 4.90 Å². The molecule has 1 amide bonds. The predicted molar refractivity (Wildman–Crippen MR) is 66.1 cm³/mol. The molecular formula is C14H16F2N2O. The molecule has 2 aliphatic rings. The summed E-state index contributed by atoms with van der Waals surface area (Å²) in [6.45, 7) is 0.175. The van der Waals surface area contributed by atoms with Gasteiger partial charge in [-0.1, -0.05) is 6.07 Å². The molecule has 5 heteroatoms. The van der Waals surface area contributed by atoms with Crippen molar-refractivity contribution in [1.29, 1.82) is 0 Å². The lowest BCUT2D eigenvalue weighted by Gasteiger charge is -2.26. The van der Waals surface area contributed by atoms with Crippen LogP contribution < -0.4 is 5.73 Å². The molecular weight excluding hydrogens is 250 g/mol. The van der Waals surface area contributed by atoms with E-state index in [1.165, 1.54) is 12.1 Å². The second-order valence-electron chi connectivity index (χ2n) is 5.56. The number of nitrogens with zero attached hydrogens (tertiary/aromatic N) is 1. The molecule has 0 aliphatic heterocycles. The Morgan fingerprint density at radius 3 is 2.58 bits per heavy atom. The lowest BCUT2D eigenvalue weighted by molar-refractivity contribution is -0.134. The molecule has 2 fully saturated rings. The van der Waals surface area contributed by atoms with Gasteiger partial charge in [-0.15, -0.1) is 0 Å². The summed E-state index contributed by atoms with van der Waals surface area (Å²) in [6.07, 6.45) is 3.26. The summed E-state index contributed by atoms with van der Waals surface area (Å²) in [6, 6.07) is 3.62. The fourth-order valence-electron chi connectivity index (χ4n) is 2.22. The van der Waals surface area contributed by atoms with E-state index >= 15 is 0 Å². The first-order chi connectivity index (χ1) is 8.99. The zero-order valence-electron chi connectivity index (χ0n) is 10.5. The van der Waals surface area contributed by atoms with Gasteiger partial charge in [0.15, 0.2) is 0 Å². The zero-order valence-corrected chi connectivity index (χ0v) is 10.5. The van der Waals surface area contributed by atoms with Crippen LogP contribution in [0.4, 0.5) is 8.78 Å². The SMILES string of the molecule is NC1(C(=O)N(Cc2ccc(F)cc2F)C2CC2)CC1. The highest BCUT2D eigenvalue weighted by Gasteiger charge is 2.50. The summed E-state index contributed by atoms with van der Waals surface area (Å²) in [7, 11) is 0. The largest absolute Gasteiger partial charge is 0.334 e. The van der Waals surface area contributed by atoms with Crippen LogP contribution in [0.3, 0.4) is 0 Å². The van der Waals surface area contributed by atoms with Gasteiger partial charge in [-0.2, -0.15) is 0 Å². The van der Waals surface area contributed by atoms with E-state index in [9.17, 15) is 13.6 Å². The van der Waals surface area contributed by atoms with Crippen LogP contribution in [0.2, 0.25) is 0 Å². The number of rotatable bonds is 4. The average molecular weight is 266 g/mol. The van der Waals surface area contributed by atoms with Crippen molar-refractivity contribution in [3.05, 3.63) is 35.4 Å². The molecule has 3 rings (SSSR count). The fourth-order valence-corrected chi connectivity index (χ4v) is 2.22. The number of halogens is 2. The van der Waals surface area contributed by atoms with Gasteiger partial charge < -0.3 is 10.6 Å². The summed E-state index contributed by atoms with van der Waals surface area (Å²) in [5.41, 5.74) is 5.53. The van der Waals surface area contributed by atoms with Gasteiger partial charge in [-0.05, 0) is 31.7 Å². The lowest BCUT2D eigenvalue weighted by Crippen LogP contribution is -2.46. The summed E-state index contributed by atoms with van der Waals surface area (Å²) in [4.78, 5) is 14.0. The summed E-state index contributed by atoms with van der Waals surface area (Å²) in [5, 5.41) is 0. The minimum Gasteiger partial charge on any atom is -0.334 e. The number of hydrogen-bond donors (Lipinski definition) is 1. The van der Waals surface area contributed by atoms with Gasteiger partial charge in [-0.3, -0.25) is 4.79 Å². The Labute approximate surface area is 110 Å². The molecule has 0 atom stereocenters. The molecule has 0 unspecified atom stereocenters. The lowest BCUT2D eigenvalue weighted by atomic mass is 10.1. The van der Waals surface area contributed by atoms with Crippen LogP contribution in [-0.2, 0) is 11.3 Å². The minimum atomic E-state index is -0.737. The van der Waals surface area contributed by atoms with Gasteiger partial charge in [0.25, 0.3) is 0 Å². The van der Waals surface area contributed by atoms with Gasteiger partial charge >= 0.3 is 0 Å². The highest BCUT2D eigenvalue weighted by molar-refractivity contribution is 5.89. The number of carbonyl (C=O) groups is 1. The minimum absolute atomic E-state index is 0.0984. The summed E-state index contributed by atoms with van der Waals surface area (Å²) in [5.74, 6) is -1.32. The van der Waals surface area contributed by atoms with Gasteiger partial charge in [-0.25, -0.2) is 8.78 Å². The highest BCUT2D eigenvalue weighted by Crippen LogP contribution is 2.38. The third kappa shape index (κ3) is 2.47. The first-order valence-electron chi connectivity index (χ1n) is 6.53.